The average molecular weight is 130 g/mol. The van der Waals surface area contributed by atoms with E-state index in [1.807, 2.05) is 0 Å². The first kappa shape index (κ1) is 5.65. The molecule has 0 unspecified atom stereocenters. The number of rotatable bonds is 2. The maximum Gasteiger partial charge on any atom is 0.0933 e. The first-order valence-corrected chi connectivity index (χ1v) is 3.14. The lowest BCUT2D eigenvalue weighted by molar-refractivity contribution is 0.375. The summed E-state index contributed by atoms with van der Waals surface area (Å²) in [6.45, 7) is 0. The van der Waals surface area contributed by atoms with Gasteiger partial charge in [-0.1, -0.05) is 11.8 Å². The highest BCUT2D eigenvalue weighted by Gasteiger charge is 1.88. The number of nitrogens with one attached hydrogen (secondary N) is 1. The van der Waals surface area contributed by atoms with E-state index in [4.69, 9.17) is 5.11 Å². The zero-order valence-corrected chi connectivity index (χ0v) is 4.98. The minimum Gasteiger partial charge on any atom is -0.385 e. The van der Waals surface area contributed by atoms with Gasteiger partial charge < -0.3 is 5.11 Å². The average Bonchev–Trinajstić information content (AvgIpc) is 2.19. The normalized spacial score (nSPS) is 9.62. The van der Waals surface area contributed by atoms with Crippen molar-refractivity contribution in [3.63, 3.8) is 0 Å². The van der Waals surface area contributed by atoms with Gasteiger partial charge >= 0.3 is 0 Å². The smallest absolute Gasteiger partial charge is 0.0933 e. The van der Waals surface area contributed by atoms with E-state index in [2.05, 4.69) is 10.2 Å². The molecular formula is C4H6N2OS. The molecule has 0 saturated heterocycles. The topological polar surface area (TPSA) is 48.9 Å². The lowest BCUT2D eigenvalue weighted by Crippen LogP contribution is -1.68. The monoisotopic (exact) mass is 130 g/mol. The Kier molecular flexibility index (Phi) is 1.93. The third-order valence-corrected chi connectivity index (χ3v) is 1.39. The van der Waals surface area contributed by atoms with Crippen LogP contribution in [0.1, 0.15) is 0 Å². The number of thioether (sulfide) groups is 1. The Hall–Kier alpha value is -0.480. The van der Waals surface area contributed by atoms with Crippen molar-refractivity contribution in [3.05, 3.63) is 12.4 Å². The van der Waals surface area contributed by atoms with Crippen LogP contribution in [0.3, 0.4) is 0 Å². The quantitative estimate of drug-likeness (QED) is 0.451. The number of hydrogen-bond donors (Lipinski definition) is 2. The van der Waals surface area contributed by atoms with Gasteiger partial charge in [-0.05, 0) is 0 Å². The second-order valence-corrected chi connectivity index (χ2v) is 2.23. The van der Waals surface area contributed by atoms with Crippen LogP contribution >= 0.6 is 11.8 Å². The molecule has 0 aromatic carbocycles. The summed E-state index contributed by atoms with van der Waals surface area (Å²) in [7, 11) is 0. The summed E-state index contributed by atoms with van der Waals surface area (Å²) in [5.74, 6) is 0.111. The lowest BCUT2D eigenvalue weighted by Gasteiger charge is -1.84. The van der Waals surface area contributed by atoms with Crippen molar-refractivity contribution in [2.45, 2.75) is 4.90 Å². The first-order chi connectivity index (χ1) is 3.93. The largest absolute Gasteiger partial charge is 0.385 e. The molecule has 1 heterocycles. The number of aliphatic hydroxyl groups is 1. The van der Waals surface area contributed by atoms with Gasteiger partial charge in [0, 0.05) is 11.1 Å². The van der Waals surface area contributed by atoms with Crippen molar-refractivity contribution in [3.8, 4) is 0 Å². The highest BCUT2D eigenvalue weighted by molar-refractivity contribution is 7.99. The maximum absolute atomic E-state index is 8.36. The van der Waals surface area contributed by atoms with E-state index in [-0.39, 0.29) is 5.94 Å². The van der Waals surface area contributed by atoms with Crippen LogP contribution in [0.4, 0.5) is 0 Å². The number of aliphatic hydroxyl groups excluding tert-OH is 1. The summed E-state index contributed by atoms with van der Waals surface area (Å²) < 4.78 is 0. The summed E-state index contributed by atoms with van der Waals surface area (Å²) in [4.78, 5) is 0.965. The van der Waals surface area contributed by atoms with Crippen molar-refractivity contribution in [1.82, 2.24) is 10.2 Å². The van der Waals surface area contributed by atoms with Gasteiger partial charge in [-0.25, -0.2) is 0 Å². The molecule has 2 N–H and O–H groups in total. The van der Waals surface area contributed by atoms with Gasteiger partial charge in [0.2, 0.25) is 0 Å². The molecule has 44 valence electrons. The molecule has 8 heavy (non-hydrogen) atoms. The molecule has 0 radical (unpaired) electrons. The molecular weight excluding hydrogens is 124 g/mol. The van der Waals surface area contributed by atoms with Crippen molar-refractivity contribution < 1.29 is 5.11 Å². The summed E-state index contributed by atoms with van der Waals surface area (Å²) in [6.07, 6.45) is 3.40. The fraction of sp³-hybridized carbons (Fsp3) is 0.250. The molecule has 3 nitrogen and oxygen atoms in total. The van der Waals surface area contributed by atoms with Gasteiger partial charge in [0.05, 0.1) is 12.1 Å². The number of aromatic amines is 1. The van der Waals surface area contributed by atoms with Crippen LogP contribution < -0.4 is 0 Å². The molecule has 0 bridgehead atoms. The Labute approximate surface area is 51.1 Å². The van der Waals surface area contributed by atoms with Crippen LogP contribution in [0.2, 0.25) is 0 Å². The molecule has 4 heteroatoms. The van der Waals surface area contributed by atoms with E-state index in [9.17, 15) is 0 Å². The number of aromatic nitrogens is 2. The van der Waals surface area contributed by atoms with Gasteiger partial charge in [-0.3, -0.25) is 5.10 Å². The third kappa shape index (κ3) is 1.24. The van der Waals surface area contributed by atoms with Gasteiger partial charge in [0.25, 0.3) is 0 Å². The predicted molar refractivity (Wildman–Crippen MR) is 31.5 cm³/mol. The SMILES string of the molecule is OCSc1cn[nH]c1. The van der Waals surface area contributed by atoms with E-state index in [0.717, 1.165) is 4.90 Å². The van der Waals surface area contributed by atoms with Gasteiger partial charge in [0.15, 0.2) is 0 Å². The van der Waals surface area contributed by atoms with E-state index in [1.165, 1.54) is 11.8 Å². The van der Waals surface area contributed by atoms with Crippen LogP contribution in [-0.2, 0) is 0 Å². The molecule has 1 rings (SSSR count). The Balaban J connectivity index is 2.50. The van der Waals surface area contributed by atoms with Crippen LogP contribution in [-0.4, -0.2) is 21.2 Å². The van der Waals surface area contributed by atoms with E-state index >= 15 is 0 Å². The molecule has 1 aromatic rings. The maximum atomic E-state index is 8.36. The van der Waals surface area contributed by atoms with Crippen LogP contribution in [0, 0.1) is 0 Å². The number of H-pyrrole nitrogens is 1. The molecule has 0 spiro atoms. The molecule has 0 saturated carbocycles. The third-order valence-electron chi connectivity index (χ3n) is 0.704. The highest BCUT2D eigenvalue weighted by Crippen LogP contribution is 2.12. The van der Waals surface area contributed by atoms with Crippen molar-refractivity contribution >= 4 is 11.8 Å². The number of hydrogen-bond acceptors (Lipinski definition) is 3. The summed E-state index contributed by atoms with van der Waals surface area (Å²) in [5, 5.41) is 14.7. The van der Waals surface area contributed by atoms with Gasteiger partial charge in [-0.2, -0.15) is 5.10 Å². The molecule has 0 fully saturated rings. The molecule has 0 aliphatic heterocycles. The second kappa shape index (κ2) is 2.74. The van der Waals surface area contributed by atoms with Crippen LogP contribution in [0.25, 0.3) is 0 Å². The zero-order valence-electron chi connectivity index (χ0n) is 4.16. The molecule has 1 aromatic heterocycles. The van der Waals surface area contributed by atoms with Crippen LogP contribution in [0.5, 0.6) is 0 Å². The van der Waals surface area contributed by atoms with Gasteiger partial charge in [0.1, 0.15) is 0 Å². The lowest BCUT2D eigenvalue weighted by atomic mass is 10.7. The molecule has 0 aliphatic rings. The molecule has 0 atom stereocenters. The Morgan fingerprint density at radius 2 is 2.75 bits per heavy atom. The van der Waals surface area contributed by atoms with E-state index in [0.29, 0.717) is 0 Å². The standard InChI is InChI=1S/C4H6N2OS/c7-3-8-4-1-5-6-2-4/h1-2,7H,3H2,(H,5,6). The van der Waals surface area contributed by atoms with Crippen molar-refractivity contribution in [2.24, 2.45) is 0 Å². The first-order valence-electron chi connectivity index (χ1n) is 2.16. The Morgan fingerprint density at radius 3 is 3.25 bits per heavy atom. The minimum absolute atomic E-state index is 0.111. The second-order valence-electron chi connectivity index (χ2n) is 1.21. The fourth-order valence-corrected chi connectivity index (χ4v) is 0.805. The zero-order chi connectivity index (χ0) is 5.82. The predicted octanol–water partition coefficient (Wildman–Crippen LogP) is 0.452. The Morgan fingerprint density at radius 1 is 1.88 bits per heavy atom. The summed E-state index contributed by atoms with van der Waals surface area (Å²) >= 11 is 1.34. The van der Waals surface area contributed by atoms with Gasteiger partial charge in [-0.15, -0.1) is 0 Å². The van der Waals surface area contributed by atoms with E-state index in [1.54, 1.807) is 12.4 Å². The Bertz CT molecular complexity index is 140. The highest BCUT2D eigenvalue weighted by atomic mass is 32.2. The summed E-state index contributed by atoms with van der Waals surface area (Å²) in [6, 6.07) is 0. The van der Waals surface area contributed by atoms with Crippen molar-refractivity contribution in [1.29, 1.82) is 0 Å². The van der Waals surface area contributed by atoms with Crippen LogP contribution in [0.15, 0.2) is 17.3 Å². The molecule has 0 aliphatic carbocycles. The van der Waals surface area contributed by atoms with E-state index < -0.39 is 0 Å². The minimum atomic E-state index is 0.111. The molecule has 0 amide bonds. The van der Waals surface area contributed by atoms with Crippen molar-refractivity contribution in [2.75, 3.05) is 5.94 Å². The fourth-order valence-electron chi connectivity index (χ4n) is 0.393. The summed E-state index contributed by atoms with van der Waals surface area (Å²) in [5.41, 5.74) is 0. The number of nitrogens with zero attached hydrogens (tertiary/aromatic N) is 1.